The van der Waals surface area contributed by atoms with Gasteiger partial charge in [0, 0.05) is 22.3 Å². The van der Waals surface area contributed by atoms with Crippen LogP contribution in [-0.2, 0) is 6.54 Å². The first-order chi connectivity index (χ1) is 11.5. The van der Waals surface area contributed by atoms with Crippen LogP contribution in [0.25, 0.3) is 11.3 Å². The van der Waals surface area contributed by atoms with Gasteiger partial charge in [-0.3, -0.25) is 10.1 Å². The number of anilines is 1. The number of hydrogen-bond donors (Lipinski definition) is 1. The van der Waals surface area contributed by atoms with Crippen LogP contribution >= 0.6 is 11.6 Å². The Hall–Kier alpha value is -2.93. The molecule has 0 radical (unpaired) electrons. The van der Waals surface area contributed by atoms with E-state index >= 15 is 0 Å². The van der Waals surface area contributed by atoms with Crippen molar-refractivity contribution < 1.29 is 13.7 Å². The zero-order valence-electron chi connectivity index (χ0n) is 12.2. The Morgan fingerprint density at radius 3 is 2.71 bits per heavy atom. The number of nitrogens with one attached hydrogen (secondary N) is 1. The molecule has 0 saturated heterocycles. The number of nitro groups is 1. The number of halogens is 2. The van der Waals surface area contributed by atoms with Gasteiger partial charge < -0.3 is 9.73 Å². The molecule has 3 rings (SSSR count). The van der Waals surface area contributed by atoms with Crippen molar-refractivity contribution in [3.8, 4) is 11.3 Å². The van der Waals surface area contributed by atoms with Gasteiger partial charge in [-0.25, -0.2) is 4.98 Å². The largest absolute Gasteiger partial charge is 0.439 e. The van der Waals surface area contributed by atoms with Crippen molar-refractivity contribution in [2.75, 3.05) is 5.32 Å². The molecule has 1 aromatic heterocycles. The van der Waals surface area contributed by atoms with Crippen LogP contribution in [0.4, 0.5) is 15.8 Å². The molecule has 0 atom stereocenters. The summed E-state index contributed by atoms with van der Waals surface area (Å²) in [4.78, 5) is 14.1. The summed E-state index contributed by atoms with van der Waals surface area (Å²) in [5.41, 5.74) is 0.638. The average molecular weight is 348 g/mol. The quantitative estimate of drug-likeness (QED) is 0.536. The van der Waals surface area contributed by atoms with Crippen LogP contribution < -0.4 is 5.32 Å². The van der Waals surface area contributed by atoms with Gasteiger partial charge in [-0.1, -0.05) is 11.6 Å². The summed E-state index contributed by atoms with van der Waals surface area (Å²) < 4.78 is 18.9. The van der Waals surface area contributed by atoms with Crippen molar-refractivity contribution in [3.63, 3.8) is 0 Å². The van der Waals surface area contributed by atoms with Gasteiger partial charge in [0.05, 0.1) is 17.7 Å². The van der Waals surface area contributed by atoms with E-state index < -0.39 is 16.4 Å². The minimum absolute atomic E-state index is 0.205. The third kappa shape index (κ3) is 3.52. The molecule has 0 aliphatic carbocycles. The minimum atomic E-state index is -0.883. The fraction of sp³-hybridized carbons (Fsp3) is 0.0625. The molecule has 0 aliphatic rings. The maximum Gasteiger partial charge on any atom is 0.306 e. The molecular weight excluding hydrogens is 337 g/mol. The number of nitrogens with zero attached hydrogens (tertiary/aromatic N) is 2. The van der Waals surface area contributed by atoms with Crippen LogP contribution in [0, 0.1) is 15.9 Å². The van der Waals surface area contributed by atoms with Gasteiger partial charge >= 0.3 is 5.69 Å². The molecule has 0 saturated carbocycles. The molecule has 1 N–H and O–H groups in total. The van der Waals surface area contributed by atoms with Crippen LogP contribution in [0.1, 0.15) is 5.89 Å². The molecule has 0 fully saturated rings. The van der Waals surface area contributed by atoms with Gasteiger partial charge in [-0.05, 0) is 36.4 Å². The maximum atomic E-state index is 13.3. The first-order valence-corrected chi connectivity index (χ1v) is 7.29. The summed E-state index contributed by atoms with van der Waals surface area (Å²) in [7, 11) is 0. The summed E-state index contributed by atoms with van der Waals surface area (Å²) in [6, 6.07) is 10.7. The molecule has 1 heterocycles. The summed E-state index contributed by atoms with van der Waals surface area (Å²) in [6.45, 7) is 0.205. The highest BCUT2D eigenvalue weighted by molar-refractivity contribution is 6.30. The van der Waals surface area contributed by atoms with E-state index in [1.807, 2.05) is 12.1 Å². The predicted molar refractivity (Wildman–Crippen MR) is 87.3 cm³/mol. The van der Waals surface area contributed by atoms with E-state index in [-0.39, 0.29) is 6.54 Å². The average Bonchev–Trinajstić information content (AvgIpc) is 3.03. The van der Waals surface area contributed by atoms with Crippen molar-refractivity contribution in [1.82, 2.24) is 4.98 Å². The molecule has 24 heavy (non-hydrogen) atoms. The third-order valence-electron chi connectivity index (χ3n) is 3.27. The fourth-order valence-electron chi connectivity index (χ4n) is 2.08. The zero-order chi connectivity index (χ0) is 17.1. The molecule has 0 amide bonds. The second-order valence-corrected chi connectivity index (χ2v) is 5.34. The van der Waals surface area contributed by atoms with Gasteiger partial charge in [0.2, 0.25) is 11.7 Å². The first kappa shape index (κ1) is 15.9. The predicted octanol–water partition coefficient (Wildman–Crippen LogP) is 4.65. The highest BCUT2D eigenvalue weighted by atomic mass is 35.5. The van der Waals surface area contributed by atoms with Crippen LogP contribution in [-0.4, -0.2) is 9.91 Å². The van der Waals surface area contributed by atoms with Crippen LogP contribution in [0.3, 0.4) is 0 Å². The topological polar surface area (TPSA) is 81.2 Å². The SMILES string of the molecule is O=[N+]([O-])c1cc(NCc2ncc(-c3ccc(Cl)cc3)o2)ccc1F. The molecule has 2 aromatic carbocycles. The molecule has 0 unspecified atom stereocenters. The summed E-state index contributed by atoms with van der Waals surface area (Å²) in [5.74, 6) is 0.0900. The number of hydrogen-bond acceptors (Lipinski definition) is 5. The minimum Gasteiger partial charge on any atom is -0.439 e. The highest BCUT2D eigenvalue weighted by Crippen LogP contribution is 2.24. The van der Waals surface area contributed by atoms with Crippen molar-refractivity contribution in [1.29, 1.82) is 0 Å². The molecular formula is C16H11ClFN3O3. The lowest BCUT2D eigenvalue weighted by Gasteiger charge is -2.04. The Labute approximate surface area is 141 Å². The van der Waals surface area contributed by atoms with Crippen molar-refractivity contribution in [2.45, 2.75) is 6.54 Å². The van der Waals surface area contributed by atoms with E-state index in [0.717, 1.165) is 17.7 Å². The van der Waals surface area contributed by atoms with E-state index in [4.69, 9.17) is 16.0 Å². The van der Waals surface area contributed by atoms with E-state index in [0.29, 0.717) is 22.4 Å². The number of oxazole rings is 1. The van der Waals surface area contributed by atoms with E-state index in [1.165, 1.54) is 6.07 Å². The summed E-state index contributed by atoms with van der Waals surface area (Å²) in [6.07, 6.45) is 1.58. The second-order valence-electron chi connectivity index (χ2n) is 4.90. The molecule has 0 aliphatic heterocycles. The number of aromatic nitrogens is 1. The molecule has 3 aromatic rings. The third-order valence-corrected chi connectivity index (χ3v) is 3.52. The summed E-state index contributed by atoms with van der Waals surface area (Å²) in [5, 5.41) is 14.3. The lowest BCUT2D eigenvalue weighted by Crippen LogP contribution is -2.01. The van der Waals surface area contributed by atoms with E-state index in [9.17, 15) is 14.5 Å². The highest BCUT2D eigenvalue weighted by Gasteiger charge is 2.14. The maximum absolute atomic E-state index is 13.3. The van der Waals surface area contributed by atoms with Crippen molar-refractivity contribution in [3.05, 3.63) is 75.5 Å². The molecule has 0 bridgehead atoms. The number of nitro benzene ring substituents is 1. The molecule has 0 spiro atoms. The van der Waals surface area contributed by atoms with E-state index in [1.54, 1.807) is 18.3 Å². The standard InChI is InChI=1S/C16H11ClFN3O3/c17-11-3-1-10(2-4-11)15-8-20-16(24-15)9-19-12-5-6-13(18)14(7-12)21(22)23/h1-8,19H,9H2. The Morgan fingerprint density at radius 1 is 1.25 bits per heavy atom. The van der Waals surface area contributed by atoms with Crippen LogP contribution in [0.5, 0.6) is 0 Å². The van der Waals surface area contributed by atoms with Gasteiger partial charge in [-0.2, -0.15) is 4.39 Å². The normalized spacial score (nSPS) is 10.6. The first-order valence-electron chi connectivity index (χ1n) is 6.91. The number of rotatable bonds is 5. The van der Waals surface area contributed by atoms with Gasteiger partial charge in [-0.15, -0.1) is 0 Å². The van der Waals surface area contributed by atoms with Crippen molar-refractivity contribution >= 4 is 23.0 Å². The van der Waals surface area contributed by atoms with Crippen LogP contribution in [0.2, 0.25) is 5.02 Å². The van der Waals surface area contributed by atoms with Crippen LogP contribution in [0.15, 0.2) is 53.1 Å². The van der Waals surface area contributed by atoms with E-state index in [2.05, 4.69) is 10.3 Å². The van der Waals surface area contributed by atoms with Gasteiger partial charge in [0.15, 0.2) is 5.76 Å². The molecule has 122 valence electrons. The fourth-order valence-corrected chi connectivity index (χ4v) is 2.21. The Balaban J connectivity index is 1.71. The lowest BCUT2D eigenvalue weighted by molar-refractivity contribution is -0.387. The number of benzene rings is 2. The van der Waals surface area contributed by atoms with Crippen molar-refractivity contribution in [2.24, 2.45) is 0 Å². The van der Waals surface area contributed by atoms with Gasteiger partial charge in [0.25, 0.3) is 0 Å². The Kier molecular flexibility index (Phi) is 4.43. The zero-order valence-corrected chi connectivity index (χ0v) is 13.0. The lowest BCUT2D eigenvalue weighted by atomic mass is 10.2. The van der Waals surface area contributed by atoms with Gasteiger partial charge in [0.1, 0.15) is 0 Å². The molecule has 8 heteroatoms. The second kappa shape index (κ2) is 6.67. The monoisotopic (exact) mass is 347 g/mol. The Morgan fingerprint density at radius 2 is 2.00 bits per heavy atom. The Bertz CT molecular complexity index is 881. The smallest absolute Gasteiger partial charge is 0.306 e. The summed E-state index contributed by atoms with van der Waals surface area (Å²) >= 11 is 5.84. The molecule has 6 nitrogen and oxygen atoms in total.